The minimum atomic E-state index is -0.641. The number of para-hydroxylation sites is 3. The molecule has 0 radical (unpaired) electrons. The number of carbonyl (C=O) groups is 3. The number of nitrogens with one attached hydrogen (secondary N) is 1. The molecule has 1 heterocycles. The number of ether oxygens (including phenoxy) is 3. The number of amides is 2. The van der Waals surface area contributed by atoms with Crippen molar-refractivity contribution in [3.05, 3.63) is 78.4 Å². The summed E-state index contributed by atoms with van der Waals surface area (Å²) in [4.78, 5) is 38.9. The van der Waals surface area contributed by atoms with Crippen LogP contribution in [-0.2, 0) is 25.5 Å². The zero-order valence-electron chi connectivity index (χ0n) is 20.2. The van der Waals surface area contributed by atoms with Crippen LogP contribution in [0.1, 0.15) is 18.9 Å². The number of hydrogen-bond acceptors (Lipinski definition) is 6. The topological polar surface area (TPSA) is 94.2 Å². The van der Waals surface area contributed by atoms with Crippen LogP contribution in [0, 0.1) is 5.92 Å². The first-order valence-corrected chi connectivity index (χ1v) is 11.7. The van der Waals surface area contributed by atoms with Crippen molar-refractivity contribution in [2.75, 3.05) is 30.5 Å². The van der Waals surface area contributed by atoms with Gasteiger partial charge in [0, 0.05) is 24.3 Å². The molecular formula is C28H28N2O6. The molecule has 0 saturated carbocycles. The van der Waals surface area contributed by atoms with E-state index < -0.39 is 24.4 Å². The summed E-state index contributed by atoms with van der Waals surface area (Å²) in [7, 11) is 1.57. The standard InChI is InChI=1S/C28H28N2O6/c1-3-19-8-4-5-9-23(19)29-26(31)18-35-28(33)20-16-27(32)30(17-20)21-12-14-22(15-13-21)36-25-11-7-6-10-24(25)34-2/h4-15,20H,3,16-18H2,1-2H3,(H,29,31)/t20-/m1/s1. The van der Waals surface area contributed by atoms with Crippen molar-refractivity contribution < 1.29 is 28.6 Å². The smallest absolute Gasteiger partial charge is 0.311 e. The summed E-state index contributed by atoms with van der Waals surface area (Å²) >= 11 is 0. The van der Waals surface area contributed by atoms with Gasteiger partial charge < -0.3 is 24.4 Å². The lowest BCUT2D eigenvalue weighted by Crippen LogP contribution is -2.28. The second-order valence-corrected chi connectivity index (χ2v) is 8.32. The molecule has 0 aromatic heterocycles. The lowest BCUT2D eigenvalue weighted by Gasteiger charge is -2.17. The summed E-state index contributed by atoms with van der Waals surface area (Å²) in [5.41, 5.74) is 2.34. The number of aryl methyl sites for hydroxylation is 1. The van der Waals surface area contributed by atoms with Crippen molar-refractivity contribution in [2.45, 2.75) is 19.8 Å². The summed E-state index contributed by atoms with van der Waals surface area (Å²) < 4.78 is 16.4. The average molecular weight is 489 g/mol. The molecule has 1 aliphatic rings. The number of carbonyl (C=O) groups excluding carboxylic acids is 3. The molecule has 2 amide bonds. The molecule has 8 heteroatoms. The summed E-state index contributed by atoms with van der Waals surface area (Å²) in [5.74, 6) is -0.0381. The Morgan fingerprint density at radius 1 is 0.972 bits per heavy atom. The van der Waals surface area contributed by atoms with E-state index in [9.17, 15) is 14.4 Å². The highest BCUT2D eigenvalue weighted by atomic mass is 16.5. The fourth-order valence-electron chi connectivity index (χ4n) is 4.03. The largest absolute Gasteiger partial charge is 0.493 e. The molecule has 3 aromatic carbocycles. The Labute approximate surface area is 209 Å². The number of methoxy groups -OCH3 is 1. The number of nitrogens with zero attached hydrogens (tertiary/aromatic N) is 1. The van der Waals surface area contributed by atoms with Gasteiger partial charge in [-0.15, -0.1) is 0 Å². The first-order chi connectivity index (χ1) is 17.5. The Morgan fingerprint density at radius 2 is 1.67 bits per heavy atom. The van der Waals surface area contributed by atoms with E-state index in [-0.39, 0.29) is 18.9 Å². The fraction of sp³-hybridized carbons (Fsp3) is 0.250. The number of benzene rings is 3. The third kappa shape index (κ3) is 5.83. The summed E-state index contributed by atoms with van der Waals surface area (Å²) in [6, 6.07) is 21.8. The van der Waals surface area contributed by atoms with Crippen LogP contribution in [0.15, 0.2) is 72.8 Å². The predicted molar refractivity (Wildman–Crippen MR) is 135 cm³/mol. The van der Waals surface area contributed by atoms with E-state index in [2.05, 4.69) is 5.32 Å². The van der Waals surface area contributed by atoms with E-state index in [4.69, 9.17) is 14.2 Å². The zero-order chi connectivity index (χ0) is 25.5. The number of anilines is 2. The predicted octanol–water partition coefficient (Wildman–Crippen LogP) is 4.58. The summed E-state index contributed by atoms with van der Waals surface area (Å²) in [6.07, 6.45) is 0.794. The third-order valence-corrected chi connectivity index (χ3v) is 5.92. The van der Waals surface area contributed by atoms with Crippen LogP contribution in [0.4, 0.5) is 11.4 Å². The van der Waals surface area contributed by atoms with E-state index in [1.807, 2.05) is 37.3 Å². The van der Waals surface area contributed by atoms with Crippen molar-refractivity contribution in [1.82, 2.24) is 0 Å². The van der Waals surface area contributed by atoms with Crippen LogP contribution in [0.5, 0.6) is 17.2 Å². The Bertz CT molecular complexity index is 1240. The summed E-state index contributed by atoms with van der Waals surface area (Å²) in [6.45, 7) is 1.77. The molecule has 8 nitrogen and oxygen atoms in total. The Kier molecular flexibility index (Phi) is 7.85. The van der Waals surface area contributed by atoms with Gasteiger partial charge in [0.15, 0.2) is 18.1 Å². The van der Waals surface area contributed by atoms with Crippen LogP contribution >= 0.6 is 0 Å². The van der Waals surface area contributed by atoms with Gasteiger partial charge >= 0.3 is 5.97 Å². The SMILES string of the molecule is CCc1ccccc1NC(=O)COC(=O)[C@@H]1CC(=O)N(c2ccc(Oc3ccccc3OC)cc2)C1. The van der Waals surface area contributed by atoms with Crippen LogP contribution in [0.3, 0.4) is 0 Å². The van der Waals surface area contributed by atoms with E-state index in [0.717, 1.165) is 12.0 Å². The monoisotopic (exact) mass is 488 g/mol. The van der Waals surface area contributed by atoms with E-state index in [0.29, 0.717) is 28.6 Å². The second kappa shape index (κ2) is 11.4. The number of esters is 1. The lowest BCUT2D eigenvalue weighted by molar-refractivity contribution is -0.151. The maximum absolute atomic E-state index is 12.6. The molecular weight excluding hydrogens is 460 g/mol. The second-order valence-electron chi connectivity index (χ2n) is 8.32. The maximum atomic E-state index is 12.6. The van der Waals surface area contributed by atoms with Crippen molar-refractivity contribution in [3.8, 4) is 17.2 Å². The molecule has 1 atom stereocenters. The molecule has 186 valence electrons. The normalized spacial score (nSPS) is 14.9. The Hall–Kier alpha value is -4.33. The molecule has 3 aromatic rings. The first-order valence-electron chi connectivity index (χ1n) is 11.7. The summed E-state index contributed by atoms with van der Waals surface area (Å²) in [5, 5.41) is 2.77. The average Bonchev–Trinajstić information content (AvgIpc) is 3.30. The Balaban J connectivity index is 1.31. The molecule has 1 N–H and O–H groups in total. The maximum Gasteiger partial charge on any atom is 0.311 e. The zero-order valence-corrected chi connectivity index (χ0v) is 20.2. The minimum Gasteiger partial charge on any atom is -0.493 e. The molecule has 36 heavy (non-hydrogen) atoms. The molecule has 0 spiro atoms. The van der Waals surface area contributed by atoms with Crippen LogP contribution < -0.4 is 19.7 Å². The fourth-order valence-corrected chi connectivity index (χ4v) is 4.03. The highest BCUT2D eigenvalue weighted by Gasteiger charge is 2.36. The quantitative estimate of drug-likeness (QED) is 0.443. The van der Waals surface area contributed by atoms with Gasteiger partial charge in [0.25, 0.3) is 5.91 Å². The molecule has 1 aliphatic heterocycles. The number of hydrogen-bond donors (Lipinski definition) is 1. The van der Waals surface area contributed by atoms with Crippen molar-refractivity contribution >= 4 is 29.2 Å². The molecule has 4 rings (SSSR count). The van der Waals surface area contributed by atoms with Crippen molar-refractivity contribution in [2.24, 2.45) is 5.92 Å². The highest BCUT2D eigenvalue weighted by molar-refractivity contribution is 6.00. The Morgan fingerprint density at radius 3 is 2.39 bits per heavy atom. The van der Waals surface area contributed by atoms with E-state index in [1.54, 1.807) is 49.6 Å². The van der Waals surface area contributed by atoms with Crippen molar-refractivity contribution in [3.63, 3.8) is 0 Å². The molecule has 0 unspecified atom stereocenters. The van der Waals surface area contributed by atoms with Gasteiger partial charge in [-0.1, -0.05) is 37.3 Å². The van der Waals surface area contributed by atoms with Gasteiger partial charge in [-0.25, -0.2) is 0 Å². The van der Waals surface area contributed by atoms with Crippen LogP contribution in [0.2, 0.25) is 0 Å². The van der Waals surface area contributed by atoms with Gasteiger partial charge in [-0.2, -0.15) is 0 Å². The van der Waals surface area contributed by atoms with Gasteiger partial charge in [0.1, 0.15) is 5.75 Å². The van der Waals surface area contributed by atoms with Gasteiger partial charge in [-0.05, 0) is 54.4 Å². The highest BCUT2D eigenvalue weighted by Crippen LogP contribution is 2.33. The van der Waals surface area contributed by atoms with Crippen LogP contribution in [0.25, 0.3) is 0 Å². The third-order valence-electron chi connectivity index (χ3n) is 5.92. The first kappa shape index (κ1) is 24.8. The van der Waals surface area contributed by atoms with Crippen LogP contribution in [-0.4, -0.2) is 38.0 Å². The lowest BCUT2D eigenvalue weighted by atomic mass is 10.1. The molecule has 0 bridgehead atoms. The van der Waals surface area contributed by atoms with Gasteiger partial charge in [-0.3, -0.25) is 14.4 Å². The van der Waals surface area contributed by atoms with Gasteiger partial charge in [0.05, 0.1) is 13.0 Å². The number of rotatable bonds is 9. The van der Waals surface area contributed by atoms with Gasteiger partial charge in [0.2, 0.25) is 5.91 Å². The van der Waals surface area contributed by atoms with E-state index in [1.165, 1.54) is 4.90 Å². The van der Waals surface area contributed by atoms with Crippen molar-refractivity contribution in [1.29, 1.82) is 0 Å². The minimum absolute atomic E-state index is 0.0264. The van der Waals surface area contributed by atoms with E-state index >= 15 is 0 Å². The molecule has 1 fully saturated rings. The molecule has 1 saturated heterocycles. The molecule has 0 aliphatic carbocycles.